The summed E-state index contributed by atoms with van der Waals surface area (Å²) in [5, 5.41) is 4.12. The molecule has 134 valence electrons. The molecule has 0 spiro atoms. The van der Waals surface area contributed by atoms with Crippen molar-refractivity contribution in [1.82, 2.24) is 15.0 Å². The second-order valence-electron chi connectivity index (χ2n) is 6.65. The van der Waals surface area contributed by atoms with Gasteiger partial charge in [0.05, 0.1) is 17.3 Å². The Morgan fingerprint density at radius 1 is 1.27 bits per heavy atom. The zero-order chi connectivity index (χ0) is 18.1. The molecule has 0 aromatic carbocycles. The zero-order valence-electron chi connectivity index (χ0n) is 14.9. The van der Waals surface area contributed by atoms with E-state index in [1.165, 1.54) is 10.4 Å². The molecular weight excluding hydrogens is 346 g/mol. The molecule has 0 bridgehead atoms. The summed E-state index contributed by atoms with van der Waals surface area (Å²) in [6.07, 6.45) is 6.66. The largest absolute Gasteiger partial charge is 0.356 e. The van der Waals surface area contributed by atoms with Crippen molar-refractivity contribution >= 4 is 39.0 Å². The number of amides is 1. The number of aromatic nitrogens is 3. The molecule has 1 fully saturated rings. The fraction of sp³-hybridized carbons (Fsp3) is 0.368. The number of hydrogen-bond acceptors (Lipinski definition) is 6. The highest BCUT2D eigenvalue weighted by molar-refractivity contribution is 7.18. The number of rotatable bonds is 3. The third kappa shape index (κ3) is 3.14. The Labute approximate surface area is 156 Å². The number of carbonyl (C=O) groups excluding carboxylic acids is 1. The molecule has 1 aliphatic heterocycles. The Morgan fingerprint density at radius 3 is 2.81 bits per heavy atom. The van der Waals surface area contributed by atoms with Gasteiger partial charge in [-0.05, 0) is 44.4 Å². The zero-order valence-corrected chi connectivity index (χ0v) is 15.7. The smallest absolute Gasteiger partial charge is 0.227 e. The van der Waals surface area contributed by atoms with Crippen LogP contribution in [0.2, 0.25) is 0 Å². The standard InChI is InChI=1S/C19H21N5OS/c1-12-13(2)26-19-16(12)17(21-11-22-19)24-8-5-14(6-9-24)18(25)23-15-4-3-7-20-10-15/h3-4,7,10-11,14H,5-6,8-9H2,1-2H3,(H,23,25). The predicted molar refractivity (Wildman–Crippen MR) is 105 cm³/mol. The minimum atomic E-state index is 0.0223. The van der Waals surface area contributed by atoms with Crippen LogP contribution >= 0.6 is 11.3 Å². The van der Waals surface area contributed by atoms with Crippen LogP contribution in [-0.4, -0.2) is 33.9 Å². The molecule has 6 nitrogen and oxygen atoms in total. The molecule has 3 aromatic rings. The molecule has 1 amide bonds. The van der Waals surface area contributed by atoms with E-state index in [1.54, 1.807) is 30.1 Å². The summed E-state index contributed by atoms with van der Waals surface area (Å²) in [6.45, 7) is 5.91. The van der Waals surface area contributed by atoms with E-state index < -0.39 is 0 Å². The van der Waals surface area contributed by atoms with E-state index in [2.05, 4.69) is 39.0 Å². The van der Waals surface area contributed by atoms with Gasteiger partial charge in [-0.2, -0.15) is 0 Å². The summed E-state index contributed by atoms with van der Waals surface area (Å²) in [5.41, 5.74) is 2.01. The van der Waals surface area contributed by atoms with Crippen LogP contribution in [0.3, 0.4) is 0 Å². The minimum absolute atomic E-state index is 0.0223. The fourth-order valence-corrected chi connectivity index (χ4v) is 4.43. The first-order valence-corrected chi connectivity index (χ1v) is 9.61. The molecule has 1 saturated heterocycles. The van der Waals surface area contributed by atoms with Gasteiger partial charge in [-0.3, -0.25) is 9.78 Å². The number of aryl methyl sites for hydroxylation is 2. The van der Waals surface area contributed by atoms with Gasteiger partial charge in [0.1, 0.15) is 17.0 Å². The highest BCUT2D eigenvalue weighted by Gasteiger charge is 2.27. The van der Waals surface area contributed by atoms with Crippen LogP contribution in [0.25, 0.3) is 10.2 Å². The monoisotopic (exact) mass is 367 g/mol. The first-order chi connectivity index (χ1) is 12.6. The topological polar surface area (TPSA) is 71.0 Å². The Kier molecular flexibility index (Phi) is 4.55. The normalized spacial score (nSPS) is 15.4. The number of nitrogens with zero attached hydrogens (tertiary/aromatic N) is 4. The van der Waals surface area contributed by atoms with E-state index in [0.29, 0.717) is 0 Å². The number of nitrogens with one attached hydrogen (secondary N) is 1. The van der Waals surface area contributed by atoms with Gasteiger partial charge < -0.3 is 10.2 Å². The average molecular weight is 367 g/mol. The van der Waals surface area contributed by atoms with Crippen molar-refractivity contribution < 1.29 is 4.79 Å². The fourth-order valence-electron chi connectivity index (χ4n) is 3.44. The van der Waals surface area contributed by atoms with Crippen LogP contribution in [0.15, 0.2) is 30.9 Å². The highest BCUT2D eigenvalue weighted by Crippen LogP contribution is 2.35. The van der Waals surface area contributed by atoms with E-state index in [9.17, 15) is 4.79 Å². The predicted octanol–water partition coefficient (Wildman–Crippen LogP) is 3.56. The van der Waals surface area contributed by atoms with Gasteiger partial charge in [-0.25, -0.2) is 9.97 Å². The molecule has 0 unspecified atom stereocenters. The molecule has 0 radical (unpaired) electrons. The summed E-state index contributed by atoms with van der Waals surface area (Å²) >= 11 is 1.72. The first-order valence-electron chi connectivity index (χ1n) is 8.80. The quantitative estimate of drug-likeness (QED) is 0.766. The number of hydrogen-bond donors (Lipinski definition) is 1. The Balaban J connectivity index is 1.46. The van der Waals surface area contributed by atoms with Gasteiger partial charge in [-0.15, -0.1) is 11.3 Å². The van der Waals surface area contributed by atoms with Gasteiger partial charge in [0.2, 0.25) is 5.91 Å². The molecule has 0 aliphatic carbocycles. The SMILES string of the molecule is Cc1sc2ncnc(N3CCC(C(=O)Nc4cccnc4)CC3)c2c1C. The lowest BCUT2D eigenvalue weighted by Crippen LogP contribution is -2.38. The lowest BCUT2D eigenvalue weighted by molar-refractivity contribution is -0.120. The number of thiophene rings is 1. The Hall–Kier alpha value is -2.54. The van der Waals surface area contributed by atoms with Crippen LogP contribution in [-0.2, 0) is 4.79 Å². The van der Waals surface area contributed by atoms with E-state index in [0.717, 1.165) is 47.7 Å². The number of carbonyl (C=O) groups is 1. The van der Waals surface area contributed by atoms with E-state index in [1.807, 2.05) is 12.1 Å². The average Bonchev–Trinajstić information content (AvgIpc) is 2.97. The number of fused-ring (bicyclic) bond motifs is 1. The minimum Gasteiger partial charge on any atom is -0.356 e. The van der Waals surface area contributed by atoms with Crippen LogP contribution in [0.5, 0.6) is 0 Å². The van der Waals surface area contributed by atoms with Gasteiger partial charge >= 0.3 is 0 Å². The van der Waals surface area contributed by atoms with Crippen molar-refractivity contribution in [2.24, 2.45) is 5.92 Å². The highest BCUT2D eigenvalue weighted by atomic mass is 32.1. The van der Waals surface area contributed by atoms with Crippen molar-refractivity contribution in [3.05, 3.63) is 41.3 Å². The Morgan fingerprint density at radius 2 is 2.08 bits per heavy atom. The molecule has 1 N–H and O–H groups in total. The van der Waals surface area contributed by atoms with Crippen LogP contribution in [0.4, 0.5) is 11.5 Å². The summed E-state index contributed by atoms with van der Waals surface area (Å²) < 4.78 is 0. The van der Waals surface area contributed by atoms with Crippen molar-refractivity contribution in [3.63, 3.8) is 0 Å². The molecule has 4 rings (SSSR count). The van der Waals surface area contributed by atoms with Crippen LogP contribution in [0, 0.1) is 19.8 Å². The second kappa shape index (κ2) is 6.99. The van der Waals surface area contributed by atoms with E-state index >= 15 is 0 Å². The van der Waals surface area contributed by atoms with Gasteiger partial charge in [0.15, 0.2) is 0 Å². The van der Waals surface area contributed by atoms with Crippen molar-refractivity contribution in [2.75, 3.05) is 23.3 Å². The molecule has 1 aliphatic rings. The molecule has 4 heterocycles. The lowest BCUT2D eigenvalue weighted by atomic mass is 9.95. The summed E-state index contributed by atoms with van der Waals surface area (Å²) in [6, 6.07) is 3.68. The van der Waals surface area contributed by atoms with E-state index in [4.69, 9.17) is 0 Å². The summed E-state index contributed by atoms with van der Waals surface area (Å²) in [5.74, 6) is 1.10. The van der Waals surface area contributed by atoms with Crippen molar-refractivity contribution in [2.45, 2.75) is 26.7 Å². The van der Waals surface area contributed by atoms with Gasteiger partial charge in [0.25, 0.3) is 0 Å². The maximum absolute atomic E-state index is 12.5. The first kappa shape index (κ1) is 16.9. The second-order valence-corrected chi connectivity index (χ2v) is 7.86. The van der Waals surface area contributed by atoms with Gasteiger partial charge in [-0.1, -0.05) is 0 Å². The number of piperidine rings is 1. The van der Waals surface area contributed by atoms with Crippen molar-refractivity contribution in [1.29, 1.82) is 0 Å². The molecule has 3 aromatic heterocycles. The van der Waals surface area contributed by atoms with Crippen molar-refractivity contribution in [3.8, 4) is 0 Å². The summed E-state index contributed by atoms with van der Waals surface area (Å²) in [7, 11) is 0. The third-order valence-electron chi connectivity index (χ3n) is 5.04. The Bertz CT molecular complexity index is 932. The molecule has 26 heavy (non-hydrogen) atoms. The molecule has 0 atom stereocenters. The molecule has 0 saturated carbocycles. The maximum Gasteiger partial charge on any atom is 0.227 e. The molecular formula is C19H21N5OS. The van der Waals surface area contributed by atoms with Crippen LogP contribution < -0.4 is 10.2 Å². The lowest BCUT2D eigenvalue weighted by Gasteiger charge is -2.32. The van der Waals surface area contributed by atoms with Crippen LogP contribution in [0.1, 0.15) is 23.3 Å². The van der Waals surface area contributed by atoms with E-state index in [-0.39, 0.29) is 11.8 Å². The number of pyridine rings is 1. The third-order valence-corrected chi connectivity index (χ3v) is 6.15. The summed E-state index contributed by atoms with van der Waals surface area (Å²) in [4.78, 5) is 30.1. The number of anilines is 2. The van der Waals surface area contributed by atoms with Gasteiger partial charge in [0, 0.05) is 30.1 Å². The molecule has 7 heteroatoms. The maximum atomic E-state index is 12.5.